The topological polar surface area (TPSA) is 44.9 Å². The van der Waals surface area contributed by atoms with E-state index in [0.717, 1.165) is 35.0 Å². The van der Waals surface area contributed by atoms with Crippen molar-refractivity contribution in [3.63, 3.8) is 0 Å². The van der Waals surface area contributed by atoms with E-state index in [1.807, 2.05) is 42.6 Å². The Morgan fingerprint density at radius 3 is 2.41 bits per heavy atom. The number of carbonyl (C=O) groups excluding carboxylic acids is 1. The lowest BCUT2D eigenvalue weighted by Crippen LogP contribution is -2.30. The van der Waals surface area contributed by atoms with Gasteiger partial charge >= 0.3 is 0 Å². The van der Waals surface area contributed by atoms with Gasteiger partial charge in [-0.25, -0.2) is 0 Å². The summed E-state index contributed by atoms with van der Waals surface area (Å²) in [5.41, 5.74) is 6.42. The fourth-order valence-corrected chi connectivity index (χ4v) is 3.72. The van der Waals surface area contributed by atoms with E-state index in [2.05, 4.69) is 60.5 Å². The zero-order chi connectivity index (χ0) is 20.2. The number of fused-ring (bicyclic) bond motifs is 1. The standard InChI is InChI=1S/C26H26N2O/c1-18-8-11-20(12-9-18)14-15-27-25(21-6-4-3-5-7-21)26(29)23-17-28-24-16-19(2)10-13-22(23)24/h3-13,16-17,25,27-28H,14-15H2,1-2H3/t25-/m1/s1. The van der Waals surface area contributed by atoms with Crippen LogP contribution in [0.15, 0.2) is 79.0 Å². The van der Waals surface area contributed by atoms with Gasteiger partial charge in [0.1, 0.15) is 0 Å². The van der Waals surface area contributed by atoms with Crippen LogP contribution in [0.1, 0.15) is 38.7 Å². The Labute approximate surface area is 171 Å². The molecule has 2 N–H and O–H groups in total. The molecule has 3 aromatic carbocycles. The van der Waals surface area contributed by atoms with Gasteiger partial charge in [-0.2, -0.15) is 0 Å². The van der Waals surface area contributed by atoms with Crippen LogP contribution in [0.4, 0.5) is 0 Å². The predicted molar refractivity (Wildman–Crippen MR) is 119 cm³/mol. The van der Waals surface area contributed by atoms with Gasteiger partial charge in [-0.1, -0.05) is 72.3 Å². The molecule has 0 saturated heterocycles. The zero-order valence-corrected chi connectivity index (χ0v) is 16.9. The van der Waals surface area contributed by atoms with Crippen LogP contribution in [-0.4, -0.2) is 17.3 Å². The molecule has 0 aliphatic heterocycles. The van der Waals surface area contributed by atoms with Gasteiger partial charge in [0.2, 0.25) is 0 Å². The number of aromatic nitrogens is 1. The van der Waals surface area contributed by atoms with Crippen LogP contribution < -0.4 is 5.32 Å². The predicted octanol–water partition coefficient (Wildman–Crippen LogP) is 5.54. The molecule has 1 heterocycles. The molecule has 0 aliphatic carbocycles. The summed E-state index contributed by atoms with van der Waals surface area (Å²) in [4.78, 5) is 16.8. The first-order valence-corrected chi connectivity index (χ1v) is 10.1. The summed E-state index contributed by atoms with van der Waals surface area (Å²) in [5, 5.41) is 4.47. The molecule has 0 unspecified atom stereocenters. The molecule has 0 aliphatic rings. The highest BCUT2D eigenvalue weighted by molar-refractivity contribution is 6.10. The van der Waals surface area contributed by atoms with E-state index in [4.69, 9.17) is 0 Å². The van der Waals surface area contributed by atoms with Crippen LogP contribution in [0.5, 0.6) is 0 Å². The Morgan fingerprint density at radius 2 is 1.66 bits per heavy atom. The van der Waals surface area contributed by atoms with Crippen LogP contribution in [0, 0.1) is 13.8 Å². The smallest absolute Gasteiger partial charge is 0.186 e. The highest BCUT2D eigenvalue weighted by Gasteiger charge is 2.23. The molecule has 29 heavy (non-hydrogen) atoms. The summed E-state index contributed by atoms with van der Waals surface area (Å²) in [7, 11) is 0. The average Bonchev–Trinajstić information content (AvgIpc) is 3.16. The van der Waals surface area contributed by atoms with E-state index in [0.29, 0.717) is 0 Å². The lowest BCUT2D eigenvalue weighted by atomic mass is 9.96. The number of rotatable bonds is 7. The van der Waals surface area contributed by atoms with Crippen molar-refractivity contribution in [2.75, 3.05) is 6.54 Å². The van der Waals surface area contributed by atoms with Crippen molar-refractivity contribution in [2.24, 2.45) is 0 Å². The van der Waals surface area contributed by atoms with Crippen molar-refractivity contribution in [3.8, 4) is 0 Å². The number of carbonyl (C=O) groups is 1. The summed E-state index contributed by atoms with van der Waals surface area (Å²) in [5.74, 6) is 0.0928. The fraction of sp³-hybridized carbons (Fsp3) is 0.192. The van der Waals surface area contributed by atoms with Gasteiger partial charge in [-0.15, -0.1) is 0 Å². The van der Waals surface area contributed by atoms with Crippen molar-refractivity contribution in [2.45, 2.75) is 26.3 Å². The van der Waals surface area contributed by atoms with Gasteiger partial charge < -0.3 is 10.3 Å². The third-order valence-corrected chi connectivity index (χ3v) is 5.38. The number of Topliss-reactive ketones (excluding diaryl/α,β-unsaturated/α-hetero) is 1. The van der Waals surface area contributed by atoms with Gasteiger partial charge in [-0.05, 0) is 43.0 Å². The van der Waals surface area contributed by atoms with E-state index in [1.165, 1.54) is 16.7 Å². The van der Waals surface area contributed by atoms with Crippen LogP contribution >= 0.6 is 0 Å². The number of ketones is 1. The summed E-state index contributed by atoms with van der Waals surface area (Å²) in [6.45, 7) is 4.88. The Morgan fingerprint density at radius 1 is 0.931 bits per heavy atom. The van der Waals surface area contributed by atoms with Crippen LogP contribution in [0.2, 0.25) is 0 Å². The Bertz CT molecular complexity index is 1110. The highest BCUT2D eigenvalue weighted by atomic mass is 16.1. The number of aromatic amines is 1. The van der Waals surface area contributed by atoms with E-state index in [-0.39, 0.29) is 11.8 Å². The van der Waals surface area contributed by atoms with E-state index in [1.54, 1.807) is 0 Å². The molecule has 4 aromatic rings. The van der Waals surface area contributed by atoms with Crippen LogP contribution in [0.25, 0.3) is 10.9 Å². The molecule has 0 saturated carbocycles. The van der Waals surface area contributed by atoms with Crippen LogP contribution in [-0.2, 0) is 6.42 Å². The lowest BCUT2D eigenvalue weighted by Gasteiger charge is -2.18. The second-order valence-corrected chi connectivity index (χ2v) is 7.65. The SMILES string of the molecule is Cc1ccc(CCN[C@@H](C(=O)c2c[nH]c3cc(C)ccc23)c2ccccc2)cc1. The number of hydrogen-bond donors (Lipinski definition) is 2. The Kier molecular flexibility index (Phi) is 5.59. The Hall–Kier alpha value is -3.17. The number of benzene rings is 3. The number of hydrogen-bond acceptors (Lipinski definition) is 2. The molecular formula is C26H26N2O. The first kappa shape index (κ1) is 19.2. The lowest BCUT2D eigenvalue weighted by molar-refractivity contribution is 0.0945. The van der Waals surface area contributed by atoms with Crippen molar-refractivity contribution >= 4 is 16.7 Å². The normalized spacial score (nSPS) is 12.2. The van der Waals surface area contributed by atoms with E-state index < -0.39 is 0 Å². The molecule has 4 rings (SSSR count). The molecule has 1 atom stereocenters. The maximum atomic E-state index is 13.5. The number of nitrogens with one attached hydrogen (secondary N) is 2. The molecule has 146 valence electrons. The summed E-state index contributed by atoms with van der Waals surface area (Å²) < 4.78 is 0. The van der Waals surface area contributed by atoms with Gasteiger partial charge in [0.15, 0.2) is 5.78 Å². The monoisotopic (exact) mass is 382 g/mol. The molecule has 3 heteroatoms. The van der Waals surface area contributed by atoms with Crippen molar-refractivity contribution in [1.82, 2.24) is 10.3 Å². The second-order valence-electron chi connectivity index (χ2n) is 7.65. The highest BCUT2D eigenvalue weighted by Crippen LogP contribution is 2.25. The van der Waals surface area contributed by atoms with E-state index in [9.17, 15) is 4.79 Å². The molecule has 3 nitrogen and oxygen atoms in total. The summed E-state index contributed by atoms with van der Waals surface area (Å²) in [6.07, 6.45) is 2.72. The molecular weight excluding hydrogens is 356 g/mol. The third-order valence-electron chi connectivity index (χ3n) is 5.38. The van der Waals surface area contributed by atoms with Crippen LogP contribution in [0.3, 0.4) is 0 Å². The Balaban J connectivity index is 1.58. The number of aryl methyl sites for hydroxylation is 2. The molecule has 0 amide bonds. The van der Waals surface area contributed by atoms with Crippen molar-refractivity contribution < 1.29 is 4.79 Å². The first-order chi connectivity index (χ1) is 14.1. The molecule has 0 bridgehead atoms. The third kappa shape index (κ3) is 4.30. The largest absolute Gasteiger partial charge is 0.360 e. The van der Waals surface area contributed by atoms with Gasteiger partial charge in [-0.3, -0.25) is 4.79 Å². The van der Waals surface area contributed by atoms with E-state index >= 15 is 0 Å². The average molecular weight is 383 g/mol. The quantitative estimate of drug-likeness (QED) is 0.412. The summed E-state index contributed by atoms with van der Waals surface area (Å²) in [6, 6.07) is 24.3. The van der Waals surface area contributed by atoms with Crippen molar-refractivity contribution in [3.05, 3.63) is 107 Å². The molecule has 0 spiro atoms. The van der Waals surface area contributed by atoms with Crippen molar-refractivity contribution in [1.29, 1.82) is 0 Å². The second kappa shape index (κ2) is 8.46. The van der Waals surface area contributed by atoms with Gasteiger partial charge in [0, 0.05) is 29.2 Å². The molecule has 0 radical (unpaired) electrons. The minimum absolute atomic E-state index is 0.0928. The first-order valence-electron chi connectivity index (χ1n) is 10.1. The maximum Gasteiger partial charge on any atom is 0.186 e. The molecule has 1 aromatic heterocycles. The minimum atomic E-state index is -0.373. The fourth-order valence-electron chi connectivity index (χ4n) is 3.72. The molecule has 0 fully saturated rings. The maximum absolute atomic E-state index is 13.5. The summed E-state index contributed by atoms with van der Waals surface area (Å²) >= 11 is 0. The van der Waals surface area contributed by atoms with Gasteiger partial charge in [0.25, 0.3) is 0 Å². The zero-order valence-electron chi connectivity index (χ0n) is 16.9. The van der Waals surface area contributed by atoms with Gasteiger partial charge in [0.05, 0.1) is 6.04 Å². The number of H-pyrrole nitrogens is 1. The minimum Gasteiger partial charge on any atom is -0.360 e.